The molecule has 1 unspecified atom stereocenters. The fourth-order valence-corrected chi connectivity index (χ4v) is 5.80. The Morgan fingerprint density at radius 3 is 2.62 bits per heavy atom. The topological polar surface area (TPSA) is 112 Å². The first kappa shape index (κ1) is 27.2. The number of cyclic esters (lactones) is 1. The summed E-state index contributed by atoms with van der Waals surface area (Å²) in [4.78, 5) is 25.1. The lowest BCUT2D eigenvalue weighted by atomic mass is 9.66. The maximum absolute atomic E-state index is 13.3. The number of benzene rings is 1. The second-order valence-electron chi connectivity index (χ2n) is 10.3. The van der Waals surface area contributed by atoms with Crippen molar-refractivity contribution < 1.29 is 38.7 Å². The Kier molecular flexibility index (Phi) is 8.92. The average molecular weight is 515 g/mol. The first-order valence-electron chi connectivity index (χ1n) is 13.2. The van der Waals surface area contributed by atoms with Crippen molar-refractivity contribution in [3.63, 3.8) is 0 Å². The molecule has 8 atom stereocenters. The van der Waals surface area contributed by atoms with Gasteiger partial charge in [-0.05, 0) is 48.8 Å². The molecule has 1 saturated heterocycles. The molecule has 0 spiro atoms. The van der Waals surface area contributed by atoms with Gasteiger partial charge in [0.1, 0.15) is 12.2 Å². The van der Waals surface area contributed by atoms with Crippen molar-refractivity contribution >= 4 is 11.9 Å². The highest BCUT2D eigenvalue weighted by molar-refractivity contribution is 5.75. The number of fused-ring (bicyclic) bond motifs is 1. The average Bonchev–Trinajstić information content (AvgIpc) is 2.86. The number of allylic oxidation sites excluding steroid dienone is 2. The van der Waals surface area contributed by atoms with Crippen LogP contribution in [0.1, 0.15) is 52.4 Å². The molecule has 2 aliphatic carbocycles. The lowest BCUT2D eigenvalue weighted by Gasteiger charge is -2.43. The van der Waals surface area contributed by atoms with Gasteiger partial charge in [-0.1, -0.05) is 44.2 Å². The molecule has 3 aliphatic rings. The van der Waals surface area contributed by atoms with Crippen LogP contribution in [0.4, 0.5) is 0 Å². The summed E-state index contributed by atoms with van der Waals surface area (Å²) in [5, 5.41) is 20.5. The number of hydrogen-bond donors (Lipinski definition) is 2. The molecule has 0 aromatic heterocycles. The van der Waals surface area contributed by atoms with Crippen molar-refractivity contribution in [1.29, 1.82) is 0 Å². The molecule has 1 fully saturated rings. The number of esters is 2. The molecule has 1 aromatic carbocycles. The van der Waals surface area contributed by atoms with Crippen LogP contribution >= 0.6 is 0 Å². The Morgan fingerprint density at radius 1 is 1.16 bits per heavy atom. The Labute approximate surface area is 218 Å². The smallest absolute Gasteiger partial charge is 0.347 e. The van der Waals surface area contributed by atoms with Crippen molar-refractivity contribution in [3.8, 4) is 11.5 Å². The lowest BCUT2D eigenvalue weighted by Crippen LogP contribution is -2.44. The number of aliphatic hydroxyl groups excluding tert-OH is 2. The molecule has 37 heavy (non-hydrogen) atoms. The van der Waals surface area contributed by atoms with Crippen LogP contribution in [0, 0.1) is 17.8 Å². The van der Waals surface area contributed by atoms with Crippen molar-refractivity contribution in [2.75, 3.05) is 7.11 Å². The standard InChI is InChI=1S/C29H38O8/c1-4-23(36-25-8-6-5-7-24(25)34-3)29(33)37-26-15-19(30)13-18-10-9-17(2)22(28(18)26)12-11-21-14-20(31)16-27(32)35-21/h5-10,13,17,19-23,26,28,30-31H,4,11-12,14-16H2,1-3H3/t17-,19+,20+,21+,22-,23?,26-,28-/m0/s1. The van der Waals surface area contributed by atoms with Gasteiger partial charge in [-0.15, -0.1) is 0 Å². The highest BCUT2D eigenvalue weighted by Gasteiger charge is 2.43. The minimum atomic E-state index is -0.819. The molecule has 1 heterocycles. The number of para-hydroxylation sites is 2. The SMILES string of the molecule is CCC(Oc1ccccc1OC)C(=O)O[C@H]1C[C@H](O)C=C2C=C[C@H](C)[C@H](CC[C@@H]3C[C@@H](O)CC(=O)O3)[C@H]21. The third-order valence-corrected chi connectivity index (χ3v) is 7.67. The highest BCUT2D eigenvalue weighted by Crippen LogP contribution is 2.44. The summed E-state index contributed by atoms with van der Waals surface area (Å²) in [6.45, 7) is 3.99. The maximum atomic E-state index is 13.3. The second kappa shape index (κ2) is 12.1. The molecule has 202 valence electrons. The molecule has 0 amide bonds. The fourth-order valence-electron chi connectivity index (χ4n) is 5.80. The maximum Gasteiger partial charge on any atom is 0.347 e. The number of rotatable bonds is 9. The largest absolute Gasteiger partial charge is 0.493 e. The van der Waals surface area contributed by atoms with Crippen LogP contribution < -0.4 is 9.47 Å². The summed E-state index contributed by atoms with van der Waals surface area (Å²) in [6, 6.07) is 7.16. The van der Waals surface area contributed by atoms with Crippen LogP contribution in [-0.2, 0) is 19.1 Å². The van der Waals surface area contributed by atoms with Crippen LogP contribution in [0.5, 0.6) is 11.5 Å². The van der Waals surface area contributed by atoms with Gasteiger partial charge in [0.15, 0.2) is 17.6 Å². The van der Waals surface area contributed by atoms with E-state index in [0.717, 1.165) is 12.0 Å². The van der Waals surface area contributed by atoms with E-state index in [9.17, 15) is 19.8 Å². The van der Waals surface area contributed by atoms with E-state index in [1.165, 1.54) is 0 Å². The summed E-state index contributed by atoms with van der Waals surface area (Å²) >= 11 is 0. The number of aliphatic hydroxyl groups is 2. The molecule has 0 saturated carbocycles. The minimum Gasteiger partial charge on any atom is -0.493 e. The molecule has 8 nitrogen and oxygen atoms in total. The molecule has 4 rings (SSSR count). The Morgan fingerprint density at radius 2 is 1.92 bits per heavy atom. The molecule has 2 N–H and O–H groups in total. The predicted molar refractivity (Wildman–Crippen MR) is 136 cm³/mol. The number of ether oxygens (including phenoxy) is 4. The molecule has 1 aromatic rings. The highest BCUT2D eigenvalue weighted by atomic mass is 16.6. The number of carbonyl (C=O) groups excluding carboxylic acids is 2. The first-order chi connectivity index (χ1) is 17.8. The molecular weight excluding hydrogens is 476 g/mol. The van der Waals surface area contributed by atoms with Crippen LogP contribution in [0.25, 0.3) is 0 Å². The fraction of sp³-hybridized carbons (Fsp3) is 0.586. The van der Waals surface area contributed by atoms with E-state index >= 15 is 0 Å². The predicted octanol–water partition coefficient (Wildman–Crippen LogP) is 3.74. The summed E-state index contributed by atoms with van der Waals surface area (Å²) in [7, 11) is 1.55. The van der Waals surface area contributed by atoms with E-state index in [0.29, 0.717) is 37.2 Å². The lowest BCUT2D eigenvalue weighted by molar-refractivity contribution is -0.165. The summed E-state index contributed by atoms with van der Waals surface area (Å²) in [6.07, 6.45) is 5.48. The van der Waals surface area contributed by atoms with Crippen molar-refractivity contribution in [2.45, 2.75) is 82.9 Å². The van der Waals surface area contributed by atoms with Gasteiger partial charge in [-0.25, -0.2) is 4.79 Å². The van der Waals surface area contributed by atoms with Crippen molar-refractivity contribution in [1.82, 2.24) is 0 Å². The van der Waals surface area contributed by atoms with Gasteiger partial charge in [-0.3, -0.25) is 4.79 Å². The zero-order valence-electron chi connectivity index (χ0n) is 21.7. The molecule has 0 bridgehead atoms. The first-order valence-corrected chi connectivity index (χ1v) is 13.2. The Hall–Kier alpha value is -2.84. The van der Waals surface area contributed by atoms with E-state index in [1.54, 1.807) is 19.2 Å². The second-order valence-corrected chi connectivity index (χ2v) is 10.3. The van der Waals surface area contributed by atoms with Gasteiger partial charge in [-0.2, -0.15) is 0 Å². The van der Waals surface area contributed by atoms with Crippen LogP contribution in [0.15, 0.2) is 48.1 Å². The zero-order chi connectivity index (χ0) is 26.5. The minimum absolute atomic E-state index is 0.0417. The third-order valence-electron chi connectivity index (χ3n) is 7.67. The number of methoxy groups -OCH3 is 1. The van der Waals surface area contributed by atoms with Crippen LogP contribution in [0.2, 0.25) is 0 Å². The van der Waals surface area contributed by atoms with E-state index in [2.05, 4.69) is 13.0 Å². The van der Waals surface area contributed by atoms with E-state index in [4.69, 9.17) is 18.9 Å². The van der Waals surface area contributed by atoms with Crippen molar-refractivity contribution in [3.05, 3.63) is 48.1 Å². The zero-order valence-corrected chi connectivity index (χ0v) is 21.7. The van der Waals surface area contributed by atoms with E-state index < -0.39 is 30.4 Å². The van der Waals surface area contributed by atoms with Gasteiger partial charge in [0.2, 0.25) is 0 Å². The molecule has 1 aliphatic heterocycles. The summed E-state index contributed by atoms with van der Waals surface area (Å²) in [5.74, 6) is 0.386. The van der Waals surface area contributed by atoms with Gasteiger partial charge < -0.3 is 29.2 Å². The van der Waals surface area contributed by atoms with E-state index in [1.807, 2.05) is 31.2 Å². The molecule has 8 heteroatoms. The van der Waals surface area contributed by atoms with E-state index in [-0.39, 0.29) is 36.2 Å². The third kappa shape index (κ3) is 6.54. The van der Waals surface area contributed by atoms with Gasteiger partial charge in [0, 0.05) is 18.8 Å². The summed E-state index contributed by atoms with van der Waals surface area (Å²) in [5.41, 5.74) is 0.957. The number of hydrogen-bond acceptors (Lipinski definition) is 8. The van der Waals surface area contributed by atoms with Gasteiger partial charge in [0.25, 0.3) is 0 Å². The normalized spacial score (nSPS) is 32.0. The Bertz CT molecular complexity index is 1020. The summed E-state index contributed by atoms with van der Waals surface area (Å²) < 4.78 is 22.9. The van der Waals surface area contributed by atoms with Gasteiger partial charge in [0.05, 0.1) is 25.7 Å². The molecule has 0 radical (unpaired) electrons. The Balaban J connectivity index is 1.48. The quantitative estimate of drug-likeness (QED) is 0.480. The van der Waals surface area contributed by atoms with Crippen LogP contribution in [-0.4, -0.2) is 59.8 Å². The monoisotopic (exact) mass is 514 g/mol. The number of carbonyl (C=O) groups is 2. The molecular formula is C29H38O8. The van der Waals surface area contributed by atoms with Crippen LogP contribution in [0.3, 0.4) is 0 Å². The van der Waals surface area contributed by atoms with Crippen molar-refractivity contribution in [2.24, 2.45) is 17.8 Å². The van der Waals surface area contributed by atoms with Gasteiger partial charge >= 0.3 is 11.9 Å².